The number of benzene rings is 2. The minimum atomic E-state index is -0.582. The molecular formula is C23H22ClF2N3O3. The zero-order valence-electron chi connectivity index (χ0n) is 17.5. The van der Waals surface area contributed by atoms with Crippen LogP contribution < -0.4 is 10.9 Å². The van der Waals surface area contributed by atoms with Crippen molar-refractivity contribution in [3.8, 4) is 0 Å². The number of pyridine rings is 1. The van der Waals surface area contributed by atoms with Gasteiger partial charge < -0.3 is 19.9 Å². The summed E-state index contributed by atoms with van der Waals surface area (Å²) in [7, 11) is 0. The first kappa shape index (κ1) is 22.2. The van der Waals surface area contributed by atoms with Crippen LogP contribution in [-0.2, 0) is 11.3 Å². The molecule has 1 aromatic heterocycles. The highest BCUT2D eigenvalue weighted by Crippen LogP contribution is 2.34. The molecule has 0 unspecified atom stereocenters. The molecule has 2 aromatic carbocycles. The molecule has 9 heteroatoms. The molecule has 0 saturated carbocycles. The summed E-state index contributed by atoms with van der Waals surface area (Å²) in [5, 5.41) is 3.45. The maximum atomic E-state index is 13.8. The second-order valence-electron chi connectivity index (χ2n) is 8.17. The van der Waals surface area contributed by atoms with Crippen molar-refractivity contribution in [3.05, 3.63) is 74.7 Å². The van der Waals surface area contributed by atoms with E-state index in [0.29, 0.717) is 23.3 Å². The van der Waals surface area contributed by atoms with E-state index in [2.05, 4.69) is 10.3 Å². The Balaban J connectivity index is 1.77. The quantitative estimate of drug-likeness (QED) is 0.559. The van der Waals surface area contributed by atoms with Crippen molar-refractivity contribution in [1.82, 2.24) is 9.88 Å². The number of fused-ring (bicyclic) bond motifs is 3. The molecular weight excluding hydrogens is 440 g/mol. The van der Waals surface area contributed by atoms with Gasteiger partial charge in [0.25, 0.3) is 5.56 Å². The lowest BCUT2D eigenvalue weighted by Gasteiger charge is -2.37. The number of rotatable bonds is 4. The van der Waals surface area contributed by atoms with E-state index in [1.165, 1.54) is 30.3 Å². The highest BCUT2D eigenvalue weighted by molar-refractivity contribution is 6.31. The topological polar surface area (TPSA) is 74.4 Å². The third-order valence-electron chi connectivity index (χ3n) is 5.33. The predicted molar refractivity (Wildman–Crippen MR) is 119 cm³/mol. The number of amides is 2. The first-order chi connectivity index (χ1) is 15.2. The summed E-state index contributed by atoms with van der Waals surface area (Å²) >= 11 is 5.85. The van der Waals surface area contributed by atoms with Crippen molar-refractivity contribution in [2.45, 2.75) is 26.5 Å². The van der Waals surface area contributed by atoms with Crippen molar-refractivity contribution >= 4 is 34.1 Å². The van der Waals surface area contributed by atoms with Crippen LogP contribution >= 0.6 is 11.6 Å². The number of nitrogens with one attached hydrogen (secondary N) is 2. The number of ether oxygens (including phenoxy) is 1. The third kappa shape index (κ3) is 4.33. The summed E-state index contributed by atoms with van der Waals surface area (Å²) in [5.74, 6) is -0.980. The number of carbonyl (C=O) groups is 1. The largest absolute Gasteiger partial charge is 0.373 e. The Morgan fingerprint density at radius 2 is 2.03 bits per heavy atom. The molecule has 0 spiro atoms. The average Bonchev–Trinajstić information content (AvgIpc) is 2.74. The van der Waals surface area contributed by atoms with E-state index in [0.717, 1.165) is 5.56 Å². The number of aromatic nitrogens is 1. The zero-order valence-corrected chi connectivity index (χ0v) is 18.3. The molecule has 168 valence electrons. The Morgan fingerprint density at radius 1 is 1.25 bits per heavy atom. The smallest absolute Gasteiger partial charge is 0.322 e. The molecule has 32 heavy (non-hydrogen) atoms. The van der Waals surface area contributed by atoms with E-state index in [4.69, 9.17) is 16.3 Å². The van der Waals surface area contributed by atoms with Crippen LogP contribution in [0.25, 0.3) is 10.8 Å². The van der Waals surface area contributed by atoms with Gasteiger partial charge in [0.15, 0.2) is 0 Å². The summed E-state index contributed by atoms with van der Waals surface area (Å²) < 4.78 is 33.0. The summed E-state index contributed by atoms with van der Waals surface area (Å²) in [6.45, 7) is 4.71. The molecule has 0 aliphatic carbocycles. The van der Waals surface area contributed by atoms with E-state index in [1.54, 1.807) is 11.0 Å². The van der Waals surface area contributed by atoms with Gasteiger partial charge in [-0.25, -0.2) is 13.6 Å². The van der Waals surface area contributed by atoms with Gasteiger partial charge in [0.1, 0.15) is 11.6 Å². The molecule has 4 rings (SSSR count). The maximum absolute atomic E-state index is 13.8. The average molecular weight is 462 g/mol. The molecule has 0 saturated heterocycles. The zero-order chi connectivity index (χ0) is 23.0. The Kier molecular flexibility index (Phi) is 6.17. The fraction of sp³-hybridized carbons (Fsp3) is 0.304. The highest BCUT2D eigenvalue weighted by Gasteiger charge is 2.33. The lowest BCUT2D eigenvalue weighted by atomic mass is 9.95. The Labute approximate surface area is 188 Å². The van der Waals surface area contributed by atoms with E-state index < -0.39 is 29.3 Å². The van der Waals surface area contributed by atoms with E-state index >= 15 is 0 Å². The second-order valence-corrected chi connectivity index (χ2v) is 8.58. The lowest BCUT2D eigenvalue weighted by Crippen LogP contribution is -2.44. The van der Waals surface area contributed by atoms with Gasteiger partial charge in [0, 0.05) is 23.5 Å². The van der Waals surface area contributed by atoms with Crippen LogP contribution in [0.3, 0.4) is 0 Å². The monoisotopic (exact) mass is 461 g/mol. The number of H-pyrrole nitrogens is 1. The molecule has 1 aliphatic heterocycles. The number of hydrogen-bond donors (Lipinski definition) is 2. The van der Waals surface area contributed by atoms with Crippen molar-refractivity contribution in [2.24, 2.45) is 5.92 Å². The highest BCUT2D eigenvalue weighted by atomic mass is 35.5. The predicted octanol–water partition coefficient (Wildman–Crippen LogP) is 5.22. The SMILES string of the molecule is CC(C)CN(C(=O)Nc1ccc(F)c(Cl)c1)[C@@H]1COCc2[nH]c(=O)c3cc(F)ccc3c21. The molecule has 2 amide bonds. The summed E-state index contributed by atoms with van der Waals surface area (Å²) in [6.07, 6.45) is 0. The number of halogens is 3. The molecule has 0 fully saturated rings. The number of aromatic amines is 1. The Bertz CT molecular complexity index is 1250. The number of anilines is 1. The lowest BCUT2D eigenvalue weighted by molar-refractivity contribution is 0.0425. The Hall–Kier alpha value is -2.97. The van der Waals surface area contributed by atoms with Gasteiger partial charge in [-0.05, 0) is 41.6 Å². The molecule has 3 aromatic rings. The third-order valence-corrected chi connectivity index (χ3v) is 5.62. The summed E-state index contributed by atoms with van der Waals surface area (Å²) in [5.41, 5.74) is 1.21. The van der Waals surface area contributed by atoms with Crippen LogP contribution in [0.4, 0.5) is 19.3 Å². The van der Waals surface area contributed by atoms with Crippen LogP contribution in [0.15, 0.2) is 41.2 Å². The van der Waals surface area contributed by atoms with Crippen LogP contribution in [0.2, 0.25) is 5.02 Å². The van der Waals surface area contributed by atoms with Crippen molar-refractivity contribution in [1.29, 1.82) is 0 Å². The van der Waals surface area contributed by atoms with E-state index in [9.17, 15) is 18.4 Å². The van der Waals surface area contributed by atoms with Crippen LogP contribution in [0.1, 0.15) is 31.1 Å². The number of hydrogen-bond acceptors (Lipinski definition) is 3. The molecule has 1 atom stereocenters. The summed E-state index contributed by atoms with van der Waals surface area (Å²) in [6, 6.07) is 7.03. The van der Waals surface area contributed by atoms with E-state index in [1.807, 2.05) is 13.8 Å². The van der Waals surface area contributed by atoms with Crippen molar-refractivity contribution < 1.29 is 18.3 Å². The number of urea groups is 1. The van der Waals surface area contributed by atoms with Crippen LogP contribution in [0, 0.1) is 17.6 Å². The molecule has 0 bridgehead atoms. The second kappa shape index (κ2) is 8.88. The van der Waals surface area contributed by atoms with Gasteiger partial charge in [-0.3, -0.25) is 4.79 Å². The van der Waals surface area contributed by atoms with Gasteiger partial charge in [0.2, 0.25) is 0 Å². The fourth-order valence-electron chi connectivity index (χ4n) is 3.98. The van der Waals surface area contributed by atoms with Gasteiger partial charge in [-0.15, -0.1) is 0 Å². The van der Waals surface area contributed by atoms with Gasteiger partial charge in [0.05, 0.1) is 29.7 Å². The number of carbonyl (C=O) groups excluding carboxylic acids is 1. The molecule has 6 nitrogen and oxygen atoms in total. The minimum absolute atomic E-state index is 0.102. The van der Waals surface area contributed by atoms with Gasteiger partial charge in [-0.2, -0.15) is 0 Å². The number of nitrogens with zero attached hydrogens (tertiary/aromatic N) is 1. The van der Waals surface area contributed by atoms with Crippen LogP contribution in [0.5, 0.6) is 0 Å². The van der Waals surface area contributed by atoms with Gasteiger partial charge in [-0.1, -0.05) is 31.5 Å². The van der Waals surface area contributed by atoms with Crippen molar-refractivity contribution in [2.75, 3.05) is 18.5 Å². The van der Waals surface area contributed by atoms with Crippen molar-refractivity contribution in [3.63, 3.8) is 0 Å². The molecule has 1 aliphatic rings. The molecule has 2 heterocycles. The first-order valence-corrected chi connectivity index (χ1v) is 10.6. The minimum Gasteiger partial charge on any atom is -0.373 e. The Morgan fingerprint density at radius 3 is 2.75 bits per heavy atom. The summed E-state index contributed by atoms with van der Waals surface area (Å²) in [4.78, 5) is 30.2. The molecule has 2 N–H and O–H groups in total. The van der Waals surface area contributed by atoms with Gasteiger partial charge >= 0.3 is 6.03 Å². The van der Waals surface area contributed by atoms with Crippen LogP contribution in [-0.4, -0.2) is 29.1 Å². The van der Waals surface area contributed by atoms with E-state index in [-0.39, 0.29) is 29.5 Å². The normalized spacial score (nSPS) is 15.6. The standard InChI is InChI=1S/C23H22ClF2N3O3/c1-12(2)9-29(23(31)27-14-4-6-18(26)17(24)8-14)20-11-32-10-19-21(20)15-5-3-13(25)7-16(15)22(30)28-19/h3-8,12,20H,9-11H2,1-2H3,(H,27,31)(H,28,30)/t20-/m1/s1. The molecule has 0 radical (unpaired) electrons. The maximum Gasteiger partial charge on any atom is 0.322 e. The fourth-order valence-corrected chi connectivity index (χ4v) is 4.16. The first-order valence-electron chi connectivity index (χ1n) is 10.2.